The molecule has 0 amide bonds. The Morgan fingerprint density at radius 3 is 2.64 bits per heavy atom. The summed E-state index contributed by atoms with van der Waals surface area (Å²) in [5.41, 5.74) is 2.04. The molecule has 0 spiro atoms. The number of aromatic amines is 1. The van der Waals surface area contributed by atoms with E-state index >= 15 is 0 Å². The first-order valence-electron chi connectivity index (χ1n) is 8.08. The van der Waals surface area contributed by atoms with E-state index in [1.807, 2.05) is 24.3 Å². The molecule has 1 saturated heterocycles. The predicted octanol–water partition coefficient (Wildman–Crippen LogP) is 0.855. The molecule has 126 valence electrons. The lowest BCUT2D eigenvalue weighted by molar-refractivity contribution is 0.639. The maximum absolute atomic E-state index is 12.2. The monoisotopic (exact) mass is 335 g/mol. The summed E-state index contributed by atoms with van der Waals surface area (Å²) in [5.74, 6) is 0.564. The minimum absolute atomic E-state index is 0.176. The van der Waals surface area contributed by atoms with Gasteiger partial charge in [-0.3, -0.25) is 14.5 Å². The number of piperazine rings is 1. The fourth-order valence-electron chi connectivity index (χ4n) is 3.17. The number of aromatic nitrogens is 4. The number of fused-ring (bicyclic) bond motifs is 1. The highest BCUT2D eigenvalue weighted by Gasteiger charge is 2.21. The number of aryl methyl sites for hydroxylation is 1. The van der Waals surface area contributed by atoms with Crippen LogP contribution in [0.5, 0.6) is 0 Å². The summed E-state index contributed by atoms with van der Waals surface area (Å²) in [6, 6.07) is 9.85. The molecule has 1 aliphatic heterocycles. The third kappa shape index (κ3) is 2.59. The summed E-state index contributed by atoms with van der Waals surface area (Å²) >= 11 is 0. The Bertz CT molecular complexity index is 1020. The highest BCUT2D eigenvalue weighted by Crippen LogP contribution is 2.22. The summed E-state index contributed by atoms with van der Waals surface area (Å²) in [5, 5.41) is 13.9. The SMILES string of the molecule is Cn1ncc2c(=O)[nH]c(N3CCN(c4ccccc4C#N)CC3)nc21. The molecule has 1 N–H and O–H groups in total. The molecule has 1 aromatic carbocycles. The van der Waals surface area contributed by atoms with Crippen LogP contribution in [-0.2, 0) is 7.05 Å². The minimum atomic E-state index is -0.176. The molecule has 0 saturated carbocycles. The first-order chi connectivity index (χ1) is 12.2. The van der Waals surface area contributed by atoms with Crippen LogP contribution in [0.4, 0.5) is 11.6 Å². The van der Waals surface area contributed by atoms with E-state index in [0.29, 0.717) is 35.6 Å². The first kappa shape index (κ1) is 15.2. The average molecular weight is 335 g/mol. The van der Waals surface area contributed by atoms with Crippen molar-refractivity contribution < 1.29 is 0 Å². The highest BCUT2D eigenvalue weighted by molar-refractivity contribution is 5.74. The van der Waals surface area contributed by atoms with Gasteiger partial charge in [0.15, 0.2) is 5.65 Å². The molecule has 3 aromatic rings. The van der Waals surface area contributed by atoms with Gasteiger partial charge >= 0.3 is 0 Å². The Labute approximate surface area is 143 Å². The maximum atomic E-state index is 12.2. The van der Waals surface area contributed by atoms with Crippen molar-refractivity contribution in [1.29, 1.82) is 5.26 Å². The summed E-state index contributed by atoms with van der Waals surface area (Å²) in [7, 11) is 1.77. The lowest BCUT2D eigenvalue weighted by Gasteiger charge is -2.36. The summed E-state index contributed by atoms with van der Waals surface area (Å²) < 4.78 is 1.60. The number of hydrogen-bond donors (Lipinski definition) is 1. The van der Waals surface area contributed by atoms with Crippen LogP contribution in [-0.4, -0.2) is 45.9 Å². The number of rotatable bonds is 2. The zero-order valence-electron chi connectivity index (χ0n) is 13.8. The molecule has 1 aliphatic rings. The Morgan fingerprint density at radius 1 is 1.16 bits per heavy atom. The van der Waals surface area contributed by atoms with E-state index in [1.165, 1.54) is 6.20 Å². The number of H-pyrrole nitrogens is 1. The van der Waals surface area contributed by atoms with Crippen molar-refractivity contribution >= 4 is 22.7 Å². The molecule has 0 bridgehead atoms. The van der Waals surface area contributed by atoms with Crippen LogP contribution in [0, 0.1) is 11.3 Å². The quantitative estimate of drug-likeness (QED) is 0.746. The maximum Gasteiger partial charge on any atom is 0.263 e. The zero-order chi connectivity index (χ0) is 17.4. The van der Waals surface area contributed by atoms with Crippen LogP contribution < -0.4 is 15.4 Å². The molecule has 0 atom stereocenters. The largest absolute Gasteiger partial charge is 0.367 e. The Balaban J connectivity index is 1.57. The van der Waals surface area contributed by atoms with Crippen molar-refractivity contribution in [3.05, 3.63) is 46.4 Å². The van der Waals surface area contributed by atoms with Crippen LogP contribution >= 0.6 is 0 Å². The fraction of sp³-hybridized carbons (Fsp3) is 0.294. The van der Waals surface area contributed by atoms with E-state index < -0.39 is 0 Å². The molecule has 8 nitrogen and oxygen atoms in total. The van der Waals surface area contributed by atoms with Crippen LogP contribution in [0.15, 0.2) is 35.3 Å². The molecular weight excluding hydrogens is 318 g/mol. The summed E-state index contributed by atoms with van der Waals surface area (Å²) in [4.78, 5) is 23.8. The molecule has 0 aliphatic carbocycles. The molecule has 8 heteroatoms. The van der Waals surface area contributed by atoms with Crippen LogP contribution in [0.1, 0.15) is 5.56 Å². The number of benzene rings is 1. The van der Waals surface area contributed by atoms with E-state index in [0.717, 1.165) is 18.8 Å². The predicted molar refractivity (Wildman–Crippen MR) is 94.7 cm³/mol. The summed E-state index contributed by atoms with van der Waals surface area (Å²) in [6.45, 7) is 2.94. The number of para-hydroxylation sites is 1. The average Bonchev–Trinajstić information content (AvgIpc) is 3.03. The molecule has 3 heterocycles. The second-order valence-corrected chi connectivity index (χ2v) is 6.00. The van der Waals surface area contributed by atoms with Gasteiger partial charge in [0.2, 0.25) is 5.95 Å². The van der Waals surface area contributed by atoms with Crippen molar-refractivity contribution in [2.75, 3.05) is 36.0 Å². The van der Waals surface area contributed by atoms with E-state index in [2.05, 4.69) is 30.9 Å². The summed E-state index contributed by atoms with van der Waals surface area (Å²) in [6.07, 6.45) is 1.53. The number of nitriles is 1. The Morgan fingerprint density at radius 2 is 1.88 bits per heavy atom. The molecule has 2 aromatic heterocycles. The van der Waals surface area contributed by atoms with Crippen molar-refractivity contribution in [3.63, 3.8) is 0 Å². The van der Waals surface area contributed by atoms with Gasteiger partial charge in [0.1, 0.15) is 11.5 Å². The van der Waals surface area contributed by atoms with Crippen LogP contribution in [0.3, 0.4) is 0 Å². The van der Waals surface area contributed by atoms with Gasteiger partial charge in [0.25, 0.3) is 5.56 Å². The van der Waals surface area contributed by atoms with Gasteiger partial charge in [-0.1, -0.05) is 12.1 Å². The standard InChI is InChI=1S/C17H17N7O/c1-22-15-13(11-19-22)16(25)21-17(20-15)24-8-6-23(7-9-24)14-5-3-2-4-12(14)10-18/h2-5,11H,6-9H2,1H3,(H,20,21,25). The van der Waals surface area contributed by atoms with Gasteiger partial charge in [0.05, 0.1) is 17.4 Å². The number of nitrogens with zero attached hydrogens (tertiary/aromatic N) is 6. The molecule has 25 heavy (non-hydrogen) atoms. The smallest absolute Gasteiger partial charge is 0.263 e. The van der Waals surface area contributed by atoms with Gasteiger partial charge in [-0.15, -0.1) is 0 Å². The fourth-order valence-corrected chi connectivity index (χ4v) is 3.17. The number of anilines is 2. The molecular formula is C17H17N7O. The van der Waals surface area contributed by atoms with Gasteiger partial charge in [-0.25, -0.2) is 0 Å². The lowest BCUT2D eigenvalue weighted by atomic mass is 10.1. The van der Waals surface area contributed by atoms with Gasteiger partial charge in [0, 0.05) is 33.2 Å². The highest BCUT2D eigenvalue weighted by atomic mass is 16.1. The number of hydrogen-bond acceptors (Lipinski definition) is 6. The lowest BCUT2D eigenvalue weighted by Crippen LogP contribution is -2.47. The normalized spacial score (nSPS) is 14.7. The minimum Gasteiger partial charge on any atom is -0.367 e. The van der Waals surface area contributed by atoms with E-state index in [4.69, 9.17) is 0 Å². The molecule has 1 fully saturated rings. The molecule has 0 unspecified atom stereocenters. The van der Waals surface area contributed by atoms with E-state index in [-0.39, 0.29) is 5.56 Å². The van der Waals surface area contributed by atoms with Crippen molar-refractivity contribution in [1.82, 2.24) is 19.7 Å². The van der Waals surface area contributed by atoms with E-state index in [9.17, 15) is 10.1 Å². The molecule has 0 radical (unpaired) electrons. The van der Waals surface area contributed by atoms with Crippen molar-refractivity contribution in [2.24, 2.45) is 7.05 Å². The van der Waals surface area contributed by atoms with Crippen LogP contribution in [0.2, 0.25) is 0 Å². The Kier molecular flexibility index (Phi) is 3.61. The van der Waals surface area contributed by atoms with Gasteiger partial charge in [-0.05, 0) is 12.1 Å². The Hall–Kier alpha value is -3.34. The first-order valence-corrected chi connectivity index (χ1v) is 8.08. The van der Waals surface area contributed by atoms with Crippen LogP contribution in [0.25, 0.3) is 11.0 Å². The number of nitrogens with one attached hydrogen (secondary N) is 1. The van der Waals surface area contributed by atoms with Crippen molar-refractivity contribution in [3.8, 4) is 6.07 Å². The third-order valence-electron chi connectivity index (χ3n) is 4.53. The third-order valence-corrected chi connectivity index (χ3v) is 4.53. The van der Waals surface area contributed by atoms with Crippen molar-refractivity contribution in [2.45, 2.75) is 0 Å². The second kappa shape index (κ2) is 5.94. The molecule has 4 rings (SSSR count). The second-order valence-electron chi connectivity index (χ2n) is 6.00. The zero-order valence-corrected chi connectivity index (χ0v) is 13.8. The van der Waals surface area contributed by atoms with E-state index in [1.54, 1.807) is 11.7 Å². The topological polar surface area (TPSA) is 93.8 Å². The van der Waals surface area contributed by atoms with Gasteiger partial charge < -0.3 is 9.80 Å². The van der Waals surface area contributed by atoms with Gasteiger partial charge in [-0.2, -0.15) is 15.3 Å².